The second-order valence-corrected chi connectivity index (χ2v) is 7.59. The lowest BCUT2D eigenvalue weighted by Crippen LogP contribution is -2.37. The minimum absolute atomic E-state index is 0.112. The maximum atomic E-state index is 13.8. The van der Waals surface area contributed by atoms with Gasteiger partial charge in [0, 0.05) is 43.2 Å². The highest BCUT2D eigenvalue weighted by atomic mass is 35.5. The van der Waals surface area contributed by atoms with Crippen molar-refractivity contribution in [1.29, 1.82) is 0 Å². The Morgan fingerprint density at radius 1 is 1.42 bits per heavy atom. The first-order valence-electron chi connectivity index (χ1n) is 7.89. The van der Waals surface area contributed by atoms with Gasteiger partial charge in [-0.2, -0.15) is 4.39 Å². The normalized spacial score (nSPS) is 15.4. The van der Waals surface area contributed by atoms with E-state index in [0.717, 1.165) is 5.69 Å². The van der Waals surface area contributed by atoms with Gasteiger partial charge in [0.15, 0.2) is 0 Å². The van der Waals surface area contributed by atoms with E-state index in [1.807, 2.05) is 25.7 Å². The highest BCUT2D eigenvalue weighted by Gasteiger charge is 2.25. The van der Waals surface area contributed by atoms with Crippen LogP contribution in [-0.2, 0) is 24.9 Å². The average Bonchev–Trinajstić information content (AvgIpc) is 2.50. The molecule has 0 radical (unpaired) electrons. The summed E-state index contributed by atoms with van der Waals surface area (Å²) in [6, 6.07) is 1.57. The molecule has 1 aliphatic heterocycles. The molecule has 0 bridgehead atoms. The third-order valence-corrected chi connectivity index (χ3v) is 4.34. The molecule has 0 unspecified atom stereocenters. The highest BCUT2D eigenvalue weighted by molar-refractivity contribution is 6.30. The Balaban J connectivity index is 1.85. The van der Waals surface area contributed by atoms with Gasteiger partial charge in [0.05, 0.1) is 16.3 Å². The number of hydrogen-bond donors (Lipinski definition) is 1. The van der Waals surface area contributed by atoms with Gasteiger partial charge in [-0.05, 0) is 6.07 Å². The molecule has 3 heterocycles. The van der Waals surface area contributed by atoms with Gasteiger partial charge in [0.2, 0.25) is 5.95 Å². The molecule has 0 saturated heterocycles. The van der Waals surface area contributed by atoms with Crippen LogP contribution in [0.1, 0.15) is 43.4 Å². The first-order chi connectivity index (χ1) is 11.2. The van der Waals surface area contributed by atoms with Crippen LogP contribution >= 0.6 is 11.6 Å². The van der Waals surface area contributed by atoms with Gasteiger partial charge in [-0.1, -0.05) is 32.4 Å². The predicted molar refractivity (Wildman–Crippen MR) is 90.6 cm³/mol. The van der Waals surface area contributed by atoms with Gasteiger partial charge in [0.1, 0.15) is 5.82 Å². The number of aromatic nitrogens is 3. The summed E-state index contributed by atoms with van der Waals surface area (Å²) in [5.41, 5.74) is 1.61. The number of halogens is 2. The van der Waals surface area contributed by atoms with Crippen molar-refractivity contribution in [3.63, 3.8) is 0 Å². The summed E-state index contributed by atoms with van der Waals surface area (Å²) in [7, 11) is 0. The second kappa shape index (κ2) is 6.26. The summed E-state index contributed by atoms with van der Waals surface area (Å²) >= 11 is 5.89. The third kappa shape index (κ3) is 3.49. The van der Waals surface area contributed by atoms with E-state index < -0.39 is 5.95 Å². The second-order valence-electron chi connectivity index (χ2n) is 7.15. The Morgan fingerprint density at radius 2 is 2.17 bits per heavy atom. The van der Waals surface area contributed by atoms with Gasteiger partial charge in [0.25, 0.3) is 5.56 Å². The summed E-state index contributed by atoms with van der Waals surface area (Å²) in [5, 5.41) is 0.401. The molecule has 0 aliphatic carbocycles. The molecule has 7 heteroatoms. The molecule has 0 spiro atoms. The fourth-order valence-corrected chi connectivity index (χ4v) is 2.97. The van der Waals surface area contributed by atoms with Gasteiger partial charge in [-0.25, -0.2) is 9.97 Å². The summed E-state index contributed by atoms with van der Waals surface area (Å²) in [6.07, 6.45) is 1.95. The lowest BCUT2D eigenvalue weighted by Gasteiger charge is -2.29. The van der Waals surface area contributed by atoms with E-state index in [4.69, 9.17) is 11.6 Å². The van der Waals surface area contributed by atoms with Crippen molar-refractivity contribution in [2.45, 2.75) is 45.7 Å². The zero-order valence-electron chi connectivity index (χ0n) is 14.0. The molecule has 0 atom stereocenters. The number of H-pyrrole nitrogens is 1. The molecule has 0 aromatic carbocycles. The topological polar surface area (TPSA) is 61.9 Å². The number of hydrogen-bond acceptors (Lipinski definition) is 4. The maximum Gasteiger partial charge on any atom is 0.255 e. The third-order valence-electron chi connectivity index (χ3n) is 4.13. The summed E-state index contributed by atoms with van der Waals surface area (Å²) in [6.45, 7) is 7.55. The van der Waals surface area contributed by atoms with Crippen LogP contribution in [-0.4, -0.2) is 26.4 Å². The summed E-state index contributed by atoms with van der Waals surface area (Å²) < 4.78 is 13.8. The number of aromatic amines is 1. The molecule has 2 aromatic heterocycles. The number of nitrogens with one attached hydrogen (secondary N) is 1. The van der Waals surface area contributed by atoms with Crippen molar-refractivity contribution < 1.29 is 4.39 Å². The first kappa shape index (κ1) is 17.0. The number of rotatable bonds is 2. The Kier molecular flexibility index (Phi) is 4.44. The van der Waals surface area contributed by atoms with Crippen molar-refractivity contribution >= 4 is 11.6 Å². The van der Waals surface area contributed by atoms with Crippen LogP contribution in [0.15, 0.2) is 17.1 Å². The maximum absolute atomic E-state index is 13.8. The molecule has 128 valence electrons. The fraction of sp³-hybridized carbons (Fsp3) is 0.471. The van der Waals surface area contributed by atoms with Gasteiger partial charge in [-0.3, -0.25) is 9.69 Å². The molecule has 0 fully saturated rings. The Hall–Kier alpha value is -1.79. The van der Waals surface area contributed by atoms with Crippen molar-refractivity contribution in [2.24, 2.45) is 0 Å². The quantitative estimate of drug-likeness (QED) is 0.846. The fourth-order valence-electron chi connectivity index (χ4n) is 2.79. The molecule has 1 aliphatic rings. The standard InChI is InChI=1S/C17H20ClFN4O/c1-17(2,3)16-21-13-4-5-23(9-12(13)15(24)22-16)8-10-6-11(18)7-20-14(10)19/h6-7H,4-5,8-9H2,1-3H3,(H,21,22,24). The van der Waals surface area contributed by atoms with E-state index in [0.29, 0.717) is 48.0 Å². The average molecular weight is 351 g/mol. The van der Waals surface area contributed by atoms with Crippen LogP contribution < -0.4 is 5.56 Å². The molecule has 3 rings (SSSR count). The number of nitrogens with zero attached hydrogens (tertiary/aromatic N) is 3. The molecule has 1 N–H and O–H groups in total. The molecule has 0 saturated carbocycles. The van der Waals surface area contributed by atoms with E-state index in [-0.39, 0.29) is 11.0 Å². The van der Waals surface area contributed by atoms with Crippen LogP contribution in [0, 0.1) is 5.95 Å². The van der Waals surface area contributed by atoms with Gasteiger partial charge >= 0.3 is 0 Å². The molecular formula is C17H20ClFN4O. The van der Waals surface area contributed by atoms with Crippen molar-refractivity contribution in [3.8, 4) is 0 Å². The molecule has 24 heavy (non-hydrogen) atoms. The minimum Gasteiger partial charge on any atom is -0.310 e. The monoisotopic (exact) mass is 350 g/mol. The van der Waals surface area contributed by atoms with E-state index in [2.05, 4.69) is 15.0 Å². The van der Waals surface area contributed by atoms with Crippen molar-refractivity contribution in [1.82, 2.24) is 19.9 Å². The lowest BCUT2D eigenvalue weighted by molar-refractivity contribution is 0.237. The predicted octanol–water partition coefficient (Wildman–Crippen LogP) is 2.81. The van der Waals surface area contributed by atoms with Gasteiger partial charge in [-0.15, -0.1) is 0 Å². The van der Waals surface area contributed by atoms with Crippen molar-refractivity contribution in [3.05, 3.63) is 56.2 Å². The first-order valence-corrected chi connectivity index (χ1v) is 8.26. The van der Waals surface area contributed by atoms with E-state index >= 15 is 0 Å². The van der Waals surface area contributed by atoms with Crippen LogP contribution in [0.25, 0.3) is 0 Å². The van der Waals surface area contributed by atoms with E-state index in [1.165, 1.54) is 6.20 Å². The SMILES string of the molecule is CC(C)(C)c1nc2c(c(=O)[nH]1)CN(Cc1cc(Cl)cnc1F)CC2. The van der Waals surface area contributed by atoms with Crippen LogP contribution in [0.3, 0.4) is 0 Å². The summed E-state index contributed by atoms with van der Waals surface area (Å²) in [5.74, 6) is 0.171. The van der Waals surface area contributed by atoms with E-state index in [9.17, 15) is 9.18 Å². The van der Waals surface area contributed by atoms with Gasteiger partial charge < -0.3 is 4.98 Å². The lowest BCUT2D eigenvalue weighted by atomic mass is 9.95. The van der Waals surface area contributed by atoms with Crippen molar-refractivity contribution in [2.75, 3.05) is 6.54 Å². The molecule has 5 nitrogen and oxygen atoms in total. The number of fused-ring (bicyclic) bond motifs is 1. The smallest absolute Gasteiger partial charge is 0.255 e. The minimum atomic E-state index is -0.527. The van der Waals surface area contributed by atoms with Crippen LogP contribution in [0.5, 0.6) is 0 Å². The molecular weight excluding hydrogens is 331 g/mol. The number of pyridine rings is 1. The van der Waals surface area contributed by atoms with Crippen LogP contribution in [0.4, 0.5) is 4.39 Å². The Morgan fingerprint density at radius 3 is 2.88 bits per heavy atom. The largest absolute Gasteiger partial charge is 0.310 e. The van der Waals surface area contributed by atoms with Crippen LogP contribution in [0.2, 0.25) is 5.02 Å². The van der Waals surface area contributed by atoms with E-state index in [1.54, 1.807) is 6.07 Å². The molecule has 2 aromatic rings. The Labute approximate surface area is 144 Å². The Bertz CT molecular complexity index is 828. The zero-order chi connectivity index (χ0) is 17.5. The zero-order valence-corrected chi connectivity index (χ0v) is 14.7. The highest BCUT2D eigenvalue weighted by Crippen LogP contribution is 2.22. The summed E-state index contributed by atoms with van der Waals surface area (Å²) in [4.78, 5) is 25.6. The molecule has 0 amide bonds.